The number of aromatic nitrogens is 2. The molecule has 1 aromatic heterocycles. The summed E-state index contributed by atoms with van der Waals surface area (Å²) in [7, 11) is 0. The molecule has 0 radical (unpaired) electrons. The Balaban J connectivity index is 1.59. The normalized spacial score (nSPS) is 11.9. The lowest BCUT2D eigenvalue weighted by Crippen LogP contribution is -2.22. The number of hydrogen-bond acceptors (Lipinski definition) is 5. The van der Waals surface area contributed by atoms with Crippen molar-refractivity contribution >= 4 is 45.7 Å². The topological polar surface area (TPSA) is 54.9 Å². The van der Waals surface area contributed by atoms with Crippen molar-refractivity contribution in [1.82, 2.24) is 10.2 Å². The van der Waals surface area contributed by atoms with Gasteiger partial charge in [0.2, 0.25) is 11.0 Å². The lowest BCUT2D eigenvalue weighted by atomic mass is 10.2. The minimum Gasteiger partial charge on any atom is -0.300 e. The first kappa shape index (κ1) is 17.9. The Hall–Kier alpha value is -1.89. The van der Waals surface area contributed by atoms with E-state index in [0.717, 1.165) is 11.3 Å². The fourth-order valence-electron chi connectivity index (χ4n) is 2.10. The van der Waals surface area contributed by atoms with Gasteiger partial charge in [-0.15, -0.1) is 22.0 Å². The quantitative estimate of drug-likeness (QED) is 0.635. The Morgan fingerprint density at radius 3 is 2.64 bits per heavy atom. The third-order valence-corrected chi connectivity index (χ3v) is 5.89. The predicted molar refractivity (Wildman–Crippen MR) is 106 cm³/mol. The molecule has 2 aromatic carbocycles. The van der Waals surface area contributed by atoms with Gasteiger partial charge in [-0.25, -0.2) is 0 Å². The third-order valence-electron chi connectivity index (χ3n) is 3.47. The molecule has 3 rings (SSSR count). The summed E-state index contributed by atoms with van der Waals surface area (Å²) in [6.45, 7) is 1.89. The summed E-state index contributed by atoms with van der Waals surface area (Å²) in [6, 6.07) is 17.5. The molecule has 7 heteroatoms. The van der Waals surface area contributed by atoms with Crippen LogP contribution in [0.5, 0.6) is 0 Å². The highest BCUT2D eigenvalue weighted by Crippen LogP contribution is 2.31. The maximum absolute atomic E-state index is 12.3. The fraction of sp³-hybridized carbons (Fsp3) is 0.167. The van der Waals surface area contributed by atoms with E-state index >= 15 is 0 Å². The number of thioether (sulfide) groups is 1. The predicted octanol–water partition coefficient (Wildman–Crippen LogP) is 5.12. The summed E-state index contributed by atoms with van der Waals surface area (Å²) in [5.41, 5.74) is 2.01. The van der Waals surface area contributed by atoms with Gasteiger partial charge < -0.3 is 0 Å². The number of amides is 1. The van der Waals surface area contributed by atoms with Crippen molar-refractivity contribution in [3.8, 4) is 10.6 Å². The van der Waals surface area contributed by atoms with Gasteiger partial charge in [-0.1, -0.05) is 71.5 Å². The average molecular weight is 390 g/mol. The molecule has 0 aliphatic heterocycles. The van der Waals surface area contributed by atoms with Crippen LogP contribution in [-0.4, -0.2) is 21.4 Å². The molecule has 0 aliphatic carbocycles. The maximum Gasteiger partial charge on any atom is 0.239 e. The van der Waals surface area contributed by atoms with Crippen LogP contribution in [0.15, 0.2) is 54.6 Å². The van der Waals surface area contributed by atoms with Crippen LogP contribution in [0.4, 0.5) is 5.13 Å². The Bertz CT molecular complexity index is 854. The number of halogens is 1. The minimum atomic E-state index is -0.187. The van der Waals surface area contributed by atoms with Crippen LogP contribution in [0.25, 0.3) is 10.6 Å². The van der Waals surface area contributed by atoms with E-state index in [0.29, 0.717) is 15.2 Å². The van der Waals surface area contributed by atoms with Gasteiger partial charge in [-0.3, -0.25) is 10.1 Å². The smallest absolute Gasteiger partial charge is 0.239 e. The molecule has 1 unspecified atom stereocenters. The molecule has 0 bridgehead atoms. The highest BCUT2D eigenvalue weighted by Gasteiger charge is 2.17. The number of carbonyl (C=O) groups excluding carboxylic acids is 1. The van der Waals surface area contributed by atoms with Crippen molar-refractivity contribution in [1.29, 1.82) is 0 Å². The van der Waals surface area contributed by atoms with Crippen LogP contribution < -0.4 is 5.32 Å². The summed E-state index contributed by atoms with van der Waals surface area (Å²) in [5, 5.41) is 12.6. The summed E-state index contributed by atoms with van der Waals surface area (Å²) in [6.07, 6.45) is 0. The Kier molecular flexibility index (Phi) is 6.07. The van der Waals surface area contributed by atoms with Gasteiger partial charge in [-0.2, -0.15) is 0 Å². The van der Waals surface area contributed by atoms with Crippen molar-refractivity contribution in [3.63, 3.8) is 0 Å². The first-order valence-electron chi connectivity index (χ1n) is 7.68. The second-order valence-electron chi connectivity index (χ2n) is 5.32. The van der Waals surface area contributed by atoms with E-state index < -0.39 is 0 Å². The van der Waals surface area contributed by atoms with E-state index in [1.54, 1.807) is 17.8 Å². The van der Waals surface area contributed by atoms with Crippen LogP contribution in [0.2, 0.25) is 5.02 Å². The van der Waals surface area contributed by atoms with E-state index in [1.165, 1.54) is 16.9 Å². The summed E-state index contributed by atoms with van der Waals surface area (Å²) in [5.74, 6) is 0.707. The number of carbonyl (C=O) groups is 1. The van der Waals surface area contributed by atoms with Crippen LogP contribution in [0.3, 0.4) is 0 Å². The van der Waals surface area contributed by atoms with Gasteiger partial charge in [0.15, 0.2) is 5.01 Å². The molecule has 0 aliphatic rings. The van der Waals surface area contributed by atoms with Gasteiger partial charge in [0.05, 0.1) is 10.3 Å². The Morgan fingerprint density at radius 1 is 1.16 bits per heavy atom. The van der Waals surface area contributed by atoms with Gasteiger partial charge >= 0.3 is 0 Å². The van der Waals surface area contributed by atoms with Crippen LogP contribution in [-0.2, 0) is 10.5 Å². The summed E-state index contributed by atoms with van der Waals surface area (Å²) in [4.78, 5) is 12.3. The Labute approximate surface area is 159 Å². The molecule has 1 amide bonds. The van der Waals surface area contributed by atoms with Crippen molar-refractivity contribution in [2.24, 2.45) is 0 Å². The lowest BCUT2D eigenvalue weighted by molar-refractivity contribution is -0.115. The van der Waals surface area contributed by atoms with Crippen molar-refractivity contribution in [2.45, 2.75) is 17.9 Å². The second-order valence-corrected chi connectivity index (χ2v) is 8.03. The molecule has 0 fully saturated rings. The largest absolute Gasteiger partial charge is 0.300 e. The average Bonchev–Trinajstić information content (AvgIpc) is 3.09. The molecule has 0 saturated heterocycles. The summed E-state index contributed by atoms with van der Waals surface area (Å²) < 4.78 is 0. The SMILES string of the molecule is CC(SCc1ccccc1)C(=O)Nc1nnc(-c2ccccc2Cl)s1. The first-order chi connectivity index (χ1) is 12.1. The van der Waals surface area contributed by atoms with Crippen molar-refractivity contribution < 1.29 is 4.79 Å². The lowest BCUT2D eigenvalue weighted by Gasteiger charge is -2.10. The third kappa shape index (κ3) is 4.81. The summed E-state index contributed by atoms with van der Waals surface area (Å²) >= 11 is 9.07. The van der Waals surface area contributed by atoms with E-state index in [-0.39, 0.29) is 11.2 Å². The number of rotatable bonds is 6. The molecular formula is C18H16ClN3OS2. The van der Waals surface area contributed by atoms with Gasteiger partial charge in [0, 0.05) is 11.3 Å². The van der Waals surface area contributed by atoms with Gasteiger partial charge in [0.1, 0.15) is 0 Å². The molecule has 4 nitrogen and oxygen atoms in total. The molecule has 1 N–H and O–H groups in total. The number of hydrogen-bond donors (Lipinski definition) is 1. The molecular weight excluding hydrogens is 374 g/mol. The zero-order valence-electron chi connectivity index (χ0n) is 13.5. The fourth-order valence-corrected chi connectivity index (χ4v) is 4.01. The van der Waals surface area contributed by atoms with E-state index in [4.69, 9.17) is 11.6 Å². The van der Waals surface area contributed by atoms with E-state index in [9.17, 15) is 4.79 Å². The molecule has 1 atom stereocenters. The highest BCUT2D eigenvalue weighted by atomic mass is 35.5. The van der Waals surface area contributed by atoms with E-state index in [1.807, 2.05) is 43.3 Å². The number of nitrogens with zero attached hydrogens (tertiary/aromatic N) is 2. The van der Waals surface area contributed by atoms with Crippen LogP contribution >= 0.6 is 34.7 Å². The first-order valence-corrected chi connectivity index (χ1v) is 9.92. The molecule has 0 spiro atoms. The van der Waals surface area contributed by atoms with Crippen molar-refractivity contribution in [2.75, 3.05) is 5.32 Å². The number of nitrogens with one attached hydrogen (secondary N) is 1. The van der Waals surface area contributed by atoms with Crippen molar-refractivity contribution in [3.05, 3.63) is 65.2 Å². The maximum atomic E-state index is 12.3. The zero-order valence-corrected chi connectivity index (χ0v) is 15.9. The highest BCUT2D eigenvalue weighted by molar-refractivity contribution is 7.99. The monoisotopic (exact) mass is 389 g/mol. The molecule has 128 valence electrons. The molecule has 3 aromatic rings. The number of benzene rings is 2. The zero-order chi connectivity index (χ0) is 17.6. The molecule has 1 heterocycles. The minimum absolute atomic E-state index is 0.0808. The number of anilines is 1. The van der Waals surface area contributed by atoms with Crippen LogP contribution in [0, 0.1) is 0 Å². The van der Waals surface area contributed by atoms with Gasteiger partial charge in [-0.05, 0) is 18.6 Å². The Morgan fingerprint density at radius 2 is 1.88 bits per heavy atom. The molecule has 0 saturated carbocycles. The standard InChI is InChI=1S/C18H16ClN3OS2/c1-12(24-11-13-7-3-2-4-8-13)16(23)20-18-22-21-17(25-18)14-9-5-6-10-15(14)19/h2-10,12H,11H2,1H3,(H,20,22,23). The van der Waals surface area contributed by atoms with Gasteiger partial charge in [0.25, 0.3) is 0 Å². The van der Waals surface area contributed by atoms with Crippen LogP contribution in [0.1, 0.15) is 12.5 Å². The second kappa shape index (κ2) is 8.47. The molecule has 25 heavy (non-hydrogen) atoms. The van der Waals surface area contributed by atoms with E-state index in [2.05, 4.69) is 27.6 Å².